The summed E-state index contributed by atoms with van der Waals surface area (Å²) in [6.07, 6.45) is -6.90. The van der Waals surface area contributed by atoms with E-state index in [2.05, 4.69) is 4.74 Å². The van der Waals surface area contributed by atoms with E-state index in [4.69, 9.17) is 9.47 Å². The molecule has 0 spiro atoms. The molecule has 2 aromatic carbocycles. The largest absolute Gasteiger partial charge is 0.508 e. The van der Waals surface area contributed by atoms with E-state index in [1.807, 2.05) is 0 Å². The highest BCUT2D eigenvalue weighted by molar-refractivity contribution is 5.92. The van der Waals surface area contributed by atoms with Gasteiger partial charge in [-0.1, -0.05) is 6.07 Å². The second-order valence-electron chi connectivity index (χ2n) is 6.83. The lowest BCUT2D eigenvalue weighted by molar-refractivity contribution is -0.259. The predicted molar refractivity (Wildman–Crippen MR) is 105 cm³/mol. The summed E-state index contributed by atoms with van der Waals surface area (Å²) in [6.45, 7) is 0. The van der Waals surface area contributed by atoms with Crippen molar-refractivity contribution in [1.82, 2.24) is 0 Å². The number of rotatable bonds is 5. The number of carbonyl (C=O) groups is 1. The monoisotopic (exact) mass is 434 g/mol. The van der Waals surface area contributed by atoms with Gasteiger partial charge in [-0.2, -0.15) is 0 Å². The predicted octanol–water partition coefficient (Wildman–Crippen LogP) is 0.246. The molecule has 1 saturated heterocycles. The molecule has 6 N–H and O–H groups in total. The molecule has 5 atom stereocenters. The highest BCUT2D eigenvalue weighted by Gasteiger charge is 2.46. The Labute approximate surface area is 176 Å². The molecule has 0 aromatic heterocycles. The lowest BCUT2D eigenvalue weighted by atomic mass is 9.89. The van der Waals surface area contributed by atoms with Gasteiger partial charge < -0.3 is 44.8 Å². The Hall–Kier alpha value is -3.31. The number of phenolic OH excluding ortho intramolecular Hbond substituents is 3. The van der Waals surface area contributed by atoms with Gasteiger partial charge in [0.25, 0.3) is 0 Å². The first-order chi connectivity index (χ1) is 14.7. The van der Waals surface area contributed by atoms with Crippen LogP contribution in [-0.4, -0.2) is 74.4 Å². The third-order valence-electron chi connectivity index (χ3n) is 4.75. The Bertz CT molecular complexity index is 955. The Morgan fingerprint density at radius 1 is 0.935 bits per heavy atom. The second-order valence-corrected chi connectivity index (χ2v) is 6.83. The number of esters is 1. The van der Waals surface area contributed by atoms with Crippen LogP contribution in [-0.2, 0) is 14.3 Å². The molecule has 1 aliphatic heterocycles. The topological polar surface area (TPSA) is 166 Å². The van der Waals surface area contributed by atoms with E-state index in [9.17, 15) is 35.4 Å². The first kappa shape index (κ1) is 22.4. The molecule has 10 heteroatoms. The summed E-state index contributed by atoms with van der Waals surface area (Å²) in [5, 5.41) is 60.0. The van der Waals surface area contributed by atoms with Gasteiger partial charge in [0.05, 0.1) is 7.11 Å². The Kier molecular flexibility index (Phi) is 6.66. The van der Waals surface area contributed by atoms with Crippen LogP contribution in [0.1, 0.15) is 5.56 Å². The molecular weight excluding hydrogens is 412 g/mol. The zero-order chi connectivity index (χ0) is 22.7. The number of phenols is 3. The maximum atomic E-state index is 11.9. The molecule has 0 bridgehead atoms. The summed E-state index contributed by atoms with van der Waals surface area (Å²) in [7, 11) is 1.14. The van der Waals surface area contributed by atoms with Gasteiger partial charge >= 0.3 is 5.97 Å². The van der Waals surface area contributed by atoms with Crippen LogP contribution in [0.15, 0.2) is 48.5 Å². The van der Waals surface area contributed by atoms with Gasteiger partial charge in [-0.15, -0.1) is 0 Å². The van der Waals surface area contributed by atoms with Crippen molar-refractivity contribution in [3.05, 3.63) is 54.1 Å². The van der Waals surface area contributed by atoms with Crippen molar-refractivity contribution < 1.29 is 49.6 Å². The van der Waals surface area contributed by atoms with E-state index in [-0.39, 0.29) is 22.6 Å². The molecule has 0 radical (unpaired) electrons. The van der Waals surface area contributed by atoms with Gasteiger partial charge in [-0.25, -0.2) is 4.79 Å². The highest BCUT2D eigenvalue weighted by atomic mass is 16.7. The number of methoxy groups -OCH3 is 1. The van der Waals surface area contributed by atoms with Crippen molar-refractivity contribution >= 4 is 11.5 Å². The van der Waals surface area contributed by atoms with E-state index in [0.717, 1.165) is 19.3 Å². The maximum Gasteiger partial charge on any atom is 0.330 e. The molecule has 1 aliphatic rings. The van der Waals surface area contributed by atoms with Gasteiger partial charge in [0.1, 0.15) is 35.9 Å². The SMILES string of the molecule is COC(=O)/C=C(\c1ccc(O)c(O)c1)[C@H]1O[C@@H](Oc2ccc(O)cc2)[C@H](O)[C@@H](O)[C@@H]1O. The quantitative estimate of drug-likeness (QED) is 0.218. The normalized spacial score (nSPS) is 26.3. The van der Waals surface area contributed by atoms with Crippen molar-refractivity contribution in [1.29, 1.82) is 0 Å². The molecule has 166 valence electrons. The fourth-order valence-corrected chi connectivity index (χ4v) is 3.08. The Morgan fingerprint density at radius 2 is 1.61 bits per heavy atom. The number of hydrogen-bond donors (Lipinski definition) is 6. The van der Waals surface area contributed by atoms with E-state index in [1.165, 1.54) is 36.4 Å². The van der Waals surface area contributed by atoms with Crippen molar-refractivity contribution in [3.63, 3.8) is 0 Å². The molecule has 0 saturated carbocycles. The fraction of sp³-hybridized carbons (Fsp3) is 0.286. The molecule has 31 heavy (non-hydrogen) atoms. The number of aliphatic hydroxyl groups excluding tert-OH is 3. The van der Waals surface area contributed by atoms with Crippen LogP contribution in [0.5, 0.6) is 23.0 Å². The fourth-order valence-electron chi connectivity index (χ4n) is 3.08. The first-order valence-corrected chi connectivity index (χ1v) is 9.18. The summed E-state index contributed by atoms with van der Waals surface area (Å²) in [4.78, 5) is 11.9. The van der Waals surface area contributed by atoms with Crippen LogP contribution in [0, 0.1) is 0 Å². The van der Waals surface area contributed by atoms with E-state index >= 15 is 0 Å². The summed E-state index contributed by atoms with van der Waals surface area (Å²) in [5.74, 6) is -1.52. The van der Waals surface area contributed by atoms with Crippen molar-refractivity contribution in [2.24, 2.45) is 0 Å². The van der Waals surface area contributed by atoms with E-state index in [1.54, 1.807) is 0 Å². The molecule has 0 unspecified atom stereocenters. The number of ether oxygens (including phenoxy) is 3. The average Bonchev–Trinajstić information content (AvgIpc) is 2.76. The van der Waals surface area contributed by atoms with Crippen molar-refractivity contribution in [2.45, 2.75) is 30.7 Å². The highest BCUT2D eigenvalue weighted by Crippen LogP contribution is 2.35. The van der Waals surface area contributed by atoms with E-state index in [0.29, 0.717) is 0 Å². The smallest absolute Gasteiger partial charge is 0.330 e. The molecule has 0 amide bonds. The molecule has 1 heterocycles. The maximum absolute atomic E-state index is 11.9. The van der Waals surface area contributed by atoms with Crippen molar-refractivity contribution in [2.75, 3.05) is 7.11 Å². The molecule has 2 aromatic rings. The standard InChI is InChI=1S/C21H22O10/c1-29-16(25)9-13(10-2-7-14(23)15(24)8-10)20-18(27)17(26)19(28)21(31-20)30-12-5-3-11(22)4-6-12/h2-9,17-24,26-28H,1H3/b13-9+/t17-,18-,19+,20+,21+/m0/s1. The number of aliphatic hydroxyl groups is 3. The molecule has 1 fully saturated rings. The minimum atomic E-state index is -1.72. The first-order valence-electron chi connectivity index (χ1n) is 9.18. The molecule has 10 nitrogen and oxygen atoms in total. The van der Waals surface area contributed by atoms with Crippen LogP contribution in [0.25, 0.3) is 5.57 Å². The lowest BCUT2D eigenvalue weighted by Gasteiger charge is -2.41. The van der Waals surface area contributed by atoms with Gasteiger partial charge in [-0.05, 0) is 47.5 Å². The third-order valence-corrected chi connectivity index (χ3v) is 4.75. The summed E-state index contributed by atoms with van der Waals surface area (Å²) in [6, 6.07) is 9.15. The Morgan fingerprint density at radius 3 is 2.23 bits per heavy atom. The van der Waals surface area contributed by atoms with Crippen molar-refractivity contribution in [3.8, 4) is 23.0 Å². The van der Waals surface area contributed by atoms with Crippen LogP contribution in [0.3, 0.4) is 0 Å². The van der Waals surface area contributed by atoms with Crippen LogP contribution < -0.4 is 4.74 Å². The van der Waals surface area contributed by atoms with Crippen LogP contribution in [0.4, 0.5) is 0 Å². The molecule has 3 rings (SSSR count). The van der Waals surface area contributed by atoms with E-state index < -0.39 is 48.2 Å². The third kappa shape index (κ3) is 4.89. The van der Waals surface area contributed by atoms with Crippen LogP contribution in [0.2, 0.25) is 0 Å². The zero-order valence-corrected chi connectivity index (χ0v) is 16.3. The minimum absolute atomic E-state index is 0.0000869. The number of carbonyl (C=O) groups excluding carboxylic acids is 1. The number of benzene rings is 2. The summed E-state index contributed by atoms with van der Waals surface area (Å²) >= 11 is 0. The second kappa shape index (κ2) is 9.23. The molecule has 0 aliphatic carbocycles. The zero-order valence-electron chi connectivity index (χ0n) is 16.3. The summed E-state index contributed by atoms with van der Waals surface area (Å²) in [5.41, 5.74) is 0.177. The average molecular weight is 434 g/mol. The van der Waals surface area contributed by atoms with Gasteiger partial charge in [0.15, 0.2) is 11.5 Å². The molecular formula is C21H22O10. The lowest BCUT2D eigenvalue weighted by Crippen LogP contribution is -2.59. The number of aromatic hydroxyl groups is 3. The summed E-state index contributed by atoms with van der Waals surface area (Å²) < 4.78 is 15.9. The van der Waals surface area contributed by atoms with Crippen LogP contribution >= 0.6 is 0 Å². The van der Waals surface area contributed by atoms with Gasteiger partial charge in [0, 0.05) is 6.08 Å². The van der Waals surface area contributed by atoms with Gasteiger partial charge in [0.2, 0.25) is 6.29 Å². The van der Waals surface area contributed by atoms with Gasteiger partial charge in [-0.3, -0.25) is 0 Å². The minimum Gasteiger partial charge on any atom is -0.508 e. The number of hydrogen-bond acceptors (Lipinski definition) is 10. The Balaban J connectivity index is 1.97.